The van der Waals surface area contributed by atoms with Gasteiger partial charge in [0.2, 0.25) is 0 Å². The fourth-order valence-corrected chi connectivity index (χ4v) is 8.03. The van der Waals surface area contributed by atoms with E-state index in [9.17, 15) is 15.0 Å². The van der Waals surface area contributed by atoms with Crippen LogP contribution in [0.2, 0.25) is 0 Å². The Bertz CT molecular complexity index is 531. The molecule has 4 aliphatic rings. The molecule has 0 aromatic heterocycles. The summed E-state index contributed by atoms with van der Waals surface area (Å²) in [5.74, 6) is 2.58. The van der Waals surface area contributed by atoms with E-state index in [0.29, 0.717) is 29.5 Å². The van der Waals surface area contributed by atoms with Crippen LogP contribution in [0.25, 0.3) is 0 Å². The predicted octanol–water partition coefficient (Wildman–Crippen LogP) is 3.57. The van der Waals surface area contributed by atoms with Crippen molar-refractivity contribution in [3.05, 3.63) is 0 Å². The van der Waals surface area contributed by atoms with Crippen molar-refractivity contribution in [2.24, 2.45) is 40.4 Å². The molecule has 0 spiro atoms. The first kappa shape index (κ1) is 17.0. The molecular formula is C21H34O3. The van der Waals surface area contributed by atoms with Crippen LogP contribution in [0.1, 0.15) is 72.1 Å². The molecule has 4 aliphatic carbocycles. The Kier molecular flexibility index (Phi) is 3.93. The van der Waals surface area contributed by atoms with E-state index in [0.717, 1.165) is 38.5 Å². The van der Waals surface area contributed by atoms with E-state index in [1.54, 1.807) is 6.92 Å². The lowest BCUT2D eigenvalue weighted by Gasteiger charge is -2.62. The maximum absolute atomic E-state index is 12.2. The second-order valence-electron chi connectivity index (χ2n) is 10.0. The topological polar surface area (TPSA) is 57.5 Å². The number of carbonyl (C=O) groups excluding carboxylic acids is 1. The Morgan fingerprint density at radius 2 is 1.75 bits per heavy atom. The summed E-state index contributed by atoms with van der Waals surface area (Å²) >= 11 is 0. The molecule has 3 nitrogen and oxygen atoms in total. The molecule has 4 fully saturated rings. The van der Waals surface area contributed by atoms with Gasteiger partial charge in [-0.3, -0.25) is 4.79 Å². The van der Waals surface area contributed by atoms with Gasteiger partial charge in [0.25, 0.3) is 0 Å². The number of aliphatic hydroxyl groups excluding tert-OH is 2. The molecule has 4 saturated carbocycles. The van der Waals surface area contributed by atoms with Crippen molar-refractivity contribution in [1.82, 2.24) is 0 Å². The average molecular weight is 335 g/mol. The van der Waals surface area contributed by atoms with Crippen molar-refractivity contribution in [1.29, 1.82) is 0 Å². The number of rotatable bonds is 1. The van der Waals surface area contributed by atoms with Gasteiger partial charge in [-0.05, 0) is 92.8 Å². The lowest BCUT2D eigenvalue weighted by molar-refractivity contribution is -0.178. The van der Waals surface area contributed by atoms with Gasteiger partial charge in [-0.15, -0.1) is 0 Å². The molecule has 0 aliphatic heterocycles. The van der Waals surface area contributed by atoms with Gasteiger partial charge in [-0.1, -0.05) is 13.8 Å². The second kappa shape index (κ2) is 5.54. The number of aliphatic hydroxyl groups is 2. The molecule has 0 aromatic carbocycles. The van der Waals surface area contributed by atoms with E-state index in [1.165, 1.54) is 12.8 Å². The molecule has 136 valence electrons. The zero-order valence-electron chi connectivity index (χ0n) is 15.5. The van der Waals surface area contributed by atoms with Crippen molar-refractivity contribution in [2.75, 3.05) is 0 Å². The van der Waals surface area contributed by atoms with Crippen molar-refractivity contribution in [3.63, 3.8) is 0 Å². The zero-order valence-corrected chi connectivity index (χ0v) is 15.5. The second-order valence-corrected chi connectivity index (χ2v) is 10.0. The van der Waals surface area contributed by atoms with Gasteiger partial charge < -0.3 is 10.2 Å². The lowest BCUT2D eigenvalue weighted by atomic mass is 9.44. The fourth-order valence-electron chi connectivity index (χ4n) is 8.03. The molecule has 0 unspecified atom stereocenters. The largest absolute Gasteiger partial charge is 0.393 e. The summed E-state index contributed by atoms with van der Waals surface area (Å²) in [5.41, 5.74) is 0.182. The summed E-state index contributed by atoms with van der Waals surface area (Å²) in [6.45, 7) is 6.43. The first-order chi connectivity index (χ1) is 11.3. The van der Waals surface area contributed by atoms with E-state index in [4.69, 9.17) is 0 Å². The van der Waals surface area contributed by atoms with Crippen LogP contribution in [-0.4, -0.2) is 28.2 Å². The normalized spacial score (nSPS) is 57.0. The molecule has 0 amide bonds. The molecular weight excluding hydrogens is 300 g/mol. The number of carbonyl (C=O) groups is 1. The summed E-state index contributed by atoms with van der Waals surface area (Å²) in [7, 11) is 0. The van der Waals surface area contributed by atoms with E-state index in [-0.39, 0.29) is 29.0 Å². The maximum Gasteiger partial charge on any atom is 0.133 e. The van der Waals surface area contributed by atoms with E-state index in [2.05, 4.69) is 13.8 Å². The smallest absolute Gasteiger partial charge is 0.133 e. The Hall–Kier alpha value is -0.410. The van der Waals surface area contributed by atoms with Crippen molar-refractivity contribution in [2.45, 2.75) is 84.3 Å². The molecule has 9 atom stereocenters. The highest BCUT2D eigenvalue weighted by atomic mass is 16.3. The minimum atomic E-state index is -0.278. The first-order valence-corrected chi connectivity index (χ1v) is 10.1. The molecule has 0 aromatic rings. The zero-order chi connectivity index (χ0) is 17.3. The Labute approximate surface area is 146 Å². The molecule has 3 heteroatoms. The van der Waals surface area contributed by atoms with Crippen molar-refractivity contribution in [3.8, 4) is 0 Å². The van der Waals surface area contributed by atoms with Gasteiger partial charge in [0.1, 0.15) is 5.78 Å². The van der Waals surface area contributed by atoms with Gasteiger partial charge in [-0.2, -0.15) is 0 Å². The fraction of sp³-hybridized carbons (Fsp3) is 0.952. The monoisotopic (exact) mass is 334 g/mol. The van der Waals surface area contributed by atoms with E-state index in [1.807, 2.05) is 0 Å². The van der Waals surface area contributed by atoms with E-state index < -0.39 is 0 Å². The number of fused-ring (bicyclic) bond motifs is 5. The van der Waals surface area contributed by atoms with Crippen LogP contribution in [0.5, 0.6) is 0 Å². The van der Waals surface area contributed by atoms with Gasteiger partial charge in [0, 0.05) is 5.92 Å². The minimum absolute atomic E-state index is 0.00376. The lowest BCUT2D eigenvalue weighted by Crippen LogP contribution is -2.59. The van der Waals surface area contributed by atoms with Gasteiger partial charge in [-0.25, -0.2) is 0 Å². The average Bonchev–Trinajstić information content (AvgIpc) is 2.84. The van der Waals surface area contributed by atoms with Crippen LogP contribution in [0.15, 0.2) is 0 Å². The van der Waals surface area contributed by atoms with Gasteiger partial charge in [0.05, 0.1) is 12.2 Å². The third-order valence-electron chi connectivity index (χ3n) is 9.06. The number of hydrogen-bond acceptors (Lipinski definition) is 3. The summed E-state index contributed by atoms with van der Waals surface area (Å²) in [4.78, 5) is 12.2. The highest BCUT2D eigenvalue weighted by Crippen LogP contribution is 2.67. The highest BCUT2D eigenvalue weighted by Gasteiger charge is 2.63. The molecule has 0 heterocycles. The van der Waals surface area contributed by atoms with Crippen LogP contribution < -0.4 is 0 Å². The first-order valence-electron chi connectivity index (χ1n) is 10.1. The highest BCUT2D eigenvalue weighted by molar-refractivity contribution is 5.79. The number of ketones is 1. The molecule has 0 saturated heterocycles. The molecule has 2 N–H and O–H groups in total. The van der Waals surface area contributed by atoms with Crippen LogP contribution >= 0.6 is 0 Å². The van der Waals surface area contributed by atoms with Crippen LogP contribution in [0.4, 0.5) is 0 Å². The molecule has 4 rings (SSSR count). The Balaban J connectivity index is 1.67. The standard InChI is InChI=1S/C21H34O3/c1-12(22)16-6-7-17-15-5-4-13-10-14(23)8-9-20(13,2)19(15)18(24)11-21(16,17)3/h13-19,23-24H,4-11H2,1-3H3/t13-,14-,15-,16+,17-,18+,19+,20-,21+/m0/s1. The van der Waals surface area contributed by atoms with Gasteiger partial charge in [0.15, 0.2) is 0 Å². The summed E-state index contributed by atoms with van der Waals surface area (Å²) in [6, 6.07) is 0. The third-order valence-corrected chi connectivity index (χ3v) is 9.06. The maximum atomic E-state index is 12.2. The Morgan fingerprint density at radius 3 is 2.46 bits per heavy atom. The van der Waals surface area contributed by atoms with Crippen molar-refractivity contribution >= 4 is 5.78 Å². The summed E-state index contributed by atoms with van der Waals surface area (Å²) in [5, 5.41) is 21.3. The number of hydrogen-bond donors (Lipinski definition) is 2. The van der Waals surface area contributed by atoms with Gasteiger partial charge >= 0.3 is 0 Å². The van der Waals surface area contributed by atoms with E-state index >= 15 is 0 Å². The minimum Gasteiger partial charge on any atom is -0.393 e. The predicted molar refractivity (Wildman–Crippen MR) is 93.3 cm³/mol. The molecule has 24 heavy (non-hydrogen) atoms. The van der Waals surface area contributed by atoms with Crippen molar-refractivity contribution < 1.29 is 15.0 Å². The molecule has 0 bridgehead atoms. The number of Topliss-reactive ketones (excluding diaryl/α,β-unsaturated/α-hetero) is 1. The third kappa shape index (κ3) is 2.19. The van der Waals surface area contributed by atoms with Crippen LogP contribution in [-0.2, 0) is 4.79 Å². The summed E-state index contributed by atoms with van der Waals surface area (Å²) < 4.78 is 0. The summed E-state index contributed by atoms with van der Waals surface area (Å²) in [6.07, 6.45) is 7.80. The van der Waals surface area contributed by atoms with Crippen LogP contribution in [0.3, 0.4) is 0 Å². The van der Waals surface area contributed by atoms with Crippen LogP contribution in [0, 0.1) is 40.4 Å². The molecule has 0 radical (unpaired) electrons. The Morgan fingerprint density at radius 1 is 1.00 bits per heavy atom. The SMILES string of the molecule is CC(=O)[C@H]1CC[C@H]2[C@@H]3CC[C@H]4C[C@@H](O)CC[C@]4(C)[C@H]3[C@H](O)C[C@]12C. The quantitative estimate of drug-likeness (QED) is 0.771.